The number of hydrogen-bond donors (Lipinski definition) is 6. The summed E-state index contributed by atoms with van der Waals surface area (Å²) >= 11 is 0. The molecule has 14 nitrogen and oxygen atoms in total. The van der Waals surface area contributed by atoms with Crippen molar-refractivity contribution in [2.45, 2.75) is 12.2 Å². The summed E-state index contributed by atoms with van der Waals surface area (Å²) < 4.78 is 43.5. The number of amidine groups is 1. The number of rotatable bonds is 8. The molecule has 8 N–H and O–H groups in total. The van der Waals surface area contributed by atoms with Crippen LogP contribution in [-0.4, -0.2) is 62.0 Å². The third-order valence-electron chi connectivity index (χ3n) is 5.26. The van der Waals surface area contributed by atoms with Crippen LogP contribution in [0.5, 0.6) is 11.6 Å². The number of nitrogen functional groups attached to an aromatic ring is 2. The number of halogens is 3. The zero-order valence-corrected chi connectivity index (χ0v) is 21.4. The second-order valence-electron chi connectivity index (χ2n) is 7.99. The molecule has 4 rings (SSSR count). The Bertz CT molecular complexity index is 1590. The first-order valence-electron chi connectivity index (χ1n) is 11.3. The van der Waals surface area contributed by atoms with Crippen LogP contribution < -0.4 is 31.9 Å². The number of methoxy groups -OCH3 is 2. The maximum atomic E-state index is 12.7. The van der Waals surface area contributed by atoms with Crippen LogP contribution in [0.3, 0.4) is 0 Å². The molecule has 0 aliphatic rings. The quantitative estimate of drug-likeness (QED) is 0.132. The van der Waals surface area contributed by atoms with Gasteiger partial charge in [0.05, 0.1) is 19.9 Å². The largest absolute Gasteiger partial charge is 0.491 e. The summed E-state index contributed by atoms with van der Waals surface area (Å²) in [6.07, 6.45) is -1.97. The molecule has 0 aliphatic heterocycles. The van der Waals surface area contributed by atoms with Crippen molar-refractivity contribution in [2.75, 3.05) is 25.3 Å². The third-order valence-corrected chi connectivity index (χ3v) is 5.26. The highest BCUT2D eigenvalue weighted by Crippen LogP contribution is 2.31. The molecule has 0 amide bonds. The first-order valence-corrected chi connectivity index (χ1v) is 11.3. The maximum Gasteiger partial charge on any atom is 0.490 e. The average Bonchev–Trinajstić information content (AvgIpc) is 3.32. The van der Waals surface area contributed by atoms with Crippen molar-refractivity contribution < 1.29 is 32.5 Å². The molecule has 0 saturated carbocycles. The van der Waals surface area contributed by atoms with Gasteiger partial charge in [-0.25, -0.2) is 19.6 Å². The van der Waals surface area contributed by atoms with Crippen LogP contribution >= 0.6 is 0 Å². The summed E-state index contributed by atoms with van der Waals surface area (Å²) in [4.78, 5) is 32.9. The molecule has 216 valence electrons. The Hall–Kier alpha value is -5.61. The van der Waals surface area contributed by atoms with E-state index in [-0.39, 0.29) is 11.7 Å². The molecule has 17 heteroatoms. The molecule has 0 fully saturated rings. The number of alkyl halides is 3. The molecule has 0 radical (unpaired) electrons. The van der Waals surface area contributed by atoms with Crippen LogP contribution in [0.1, 0.15) is 23.0 Å². The summed E-state index contributed by atoms with van der Waals surface area (Å²) in [5.74, 6) is -1.56. The van der Waals surface area contributed by atoms with Gasteiger partial charge in [0.15, 0.2) is 17.4 Å². The van der Waals surface area contributed by atoms with Gasteiger partial charge >= 0.3 is 17.8 Å². The summed E-state index contributed by atoms with van der Waals surface area (Å²) in [5.41, 5.74) is 13.3. The van der Waals surface area contributed by atoms with Crippen molar-refractivity contribution in [3.63, 3.8) is 0 Å². The van der Waals surface area contributed by atoms with E-state index in [1.54, 1.807) is 48.7 Å². The van der Waals surface area contributed by atoms with E-state index >= 15 is 0 Å². The van der Waals surface area contributed by atoms with Crippen molar-refractivity contribution in [3.8, 4) is 17.4 Å². The van der Waals surface area contributed by atoms with Crippen molar-refractivity contribution in [1.82, 2.24) is 24.7 Å². The monoisotopic (exact) mass is 575 g/mol. The van der Waals surface area contributed by atoms with Crippen molar-refractivity contribution >= 4 is 23.2 Å². The number of pyridine rings is 2. The predicted molar refractivity (Wildman–Crippen MR) is 140 cm³/mol. The zero-order valence-electron chi connectivity index (χ0n) is 21.4. The number of ether oxygens (including phenoxy) is 2. The number of carboxylic acid groups (broad SMARTS) is 1. The number of H-pyrrole nitrogens is 1. The SMILES string of the molecule is COc1cc(C(Nc2ccc(C(=N)N)cc2)c2nn(-c3ncccc3N)c(=O)[nH]2)cnc1OC.O=C(O)C(F)(F)F. The molecule has 41 heavy (non-hydrogen) atoms. The number of benzene rings is 1. The third kappa shape index (κ3) is 7.28. The van der Waals surface area contributed by atoms with Gasteiger partial charge in [-0.1, -0.05) is 0 Å². The van der Waals surface area contributed by atoms with Gasteiger partial charge in [-0.2, -0.15) is 17.9 Å². The van der Waals surface area contributed by atoms with E-state index < -0.39 is 23.9 Å². The Balaban J connectivity index is 0.000000587. The van der Waals surface area contributed by atoms with Gasteiger partial charge < -0.3 is 31.4 Å². The van der Waals surface area contributed by atoms with Gasteiger partial charge in [0.1, 0.15) is 11.9 Å². The zero-order chi connectivity index (χ0) is 30.3. The van der Waals surface area contributed by atoms with Gasteiger partial charge in [0, 0.05) is 29.2 Å². The Morgan fingerprint density at radius 1 is 1.17 bits per heavy atom. The Kier molecular flexibility index (Phi) is 9.13. The van der Waals surface area contributed by atoms with Crippen molar-refractivity contribution in [1.29, 1.82) is 5.41 Å². The Labute approximate surface area is 229 Å². The fourth-order valence-corrected chi connectivity index (χ4v) is 3.33. The number of carboxylic acids is 1. The molecule has 1 unspecified atom stereocenters. The highest BCUT2D eigenvalue weighted by atomic mass is 19.4. The summed E-state index contributed by atoms with van der Waals surface area (Å²) in [7, 11) is 3.00. The van der Waals surface area contributed by atoms with Crippen LogP contribution in [0.15, 0.2) is 59.7 Å². The lowest BCUT2D eigenvalue weighted by molar-refractivity contribution is -0.192. The molecule has 0 spiro atoms. The van der Waals surface area contributed by atoms with Gasteiger partial charge in [0.2, 0.25) is 0 Å². The number of aromatic amines is 1. The van der Waals surface area contributed by atoms with Crippen LogP contribution in [0, 0.1) is 5.41 Å². The van der Waals surface area contributed by atoms with Gasteiger partial charge in [0.25, 0.3) is 5.88 Å². The van der Waals surface area contributed by atoms with E-state index in [1.807, 2.05) is 0 Å². The van der Waals surface area contributed by atoms with Crippen LogP contribution in [-0.2, 0) is 4.79 Å². The predicted octanol–water partition coefficient (Wildman–Crippen LogP) is 2.07. The number of aliphatic carboxylic acids is 1. The van der Waals surface area contributed by atoms with E-state index in [0.717, 1.165) is 4.68 Å². The van der Waals surface area contributed by atoms with Crippen LogP contribution in [0.25, 0.3) is 5.82 Å². The van der Waals surface area contributed by atoms with Gasteiger partial charge in [-0.3, -0.25) is 10.4 Å². The molecular weight excluding hydrogens is 551 g/mol. The minimum atomic E-state index is -5.08. The minimum Gasteiger partial charge on any atom is -0.491 e. The lowest BCUT2D eigenvalue weighted by atomic mass is 10.1. The summed E-state index contributed by atoms with van der Waals surface area (Å²) in [5, 5.41) is 22.5. The van der Waals surface area contributed by atoms with Crippen LogP contribution in [0.2, 0.25) is 0 Å². The van der Waals surface area contributed by atoms with Gasteiger partial charge in [-0.05, 0) is 42.5 Å². The van der Waals surface area contributed by atoms with Crippen molar-refractivity contribution in [2.24, 2.45) is 5.73 Å². The van der Waals surface area contributed by atoms with E-state index in [2.05, 4.69) is 25.4 Å². The molecule has 0 bridgehead atoms. The standard InChI is InChI=1S/C22H23N9O3.C2HF3O2/c1-33-16-10-13(11-27-21(16)34-2)17(28-14-7-5-12(6-8-14)18(24)25)19-29-22(32)31(30-19)20-15(23)4-3-9-26-20;3-2(4,5)1(6)7/h3-11,17,28H,23H2,1-2H3,(H3,24,25)(H,29,30,32);(H,6,7). The number of aromatic nitrogens is 5. The fraction of sp³-hybridized carbons (Fsp3) is 0.167. The topological polar surface area (TPSA) is 220 Å². The van der Waals surface area contributed by atoms with Crippen molar-refractivity contribution in [3.05, 3.63) is 82.3 Å². The first kappa shape index (κ1) is 29.9. The number of nitrogens with zero attached hydrogens (tertiary/aromatic N) is 4. The number of nitrogens with one attached hydrogen (secondary N) is 3. The highest BCUT2D eigenvalue weighted by Gasteiger charge is 2.38. The molecular formula is C24H24F3N9O5. The smallest absolute Gasteiger partial charge is 0.490 e. The second kappa shape index (κ2) is 12.5. The first-order chi connectivity index (χ1) is 19.3. The molecule has 3 heterocycles. The number of nitrogens with two attached hydrogens (primary N) is 2. The summed E-state index contributed by atoms with van der Waals surface area (Å²) in [6.45, 7) is 0. The fourth-order valence-electron chi connectivity index (χ4n) is 3.33. The molecule has 1 aromatic carbocycles. The summed E-state index contributed by atoms with van der Waals surface area (Å²) in [6, 6.07) is 11.4. The van der Waals surface area contributed by atoms with E-state index in [0.29, 0.717) is 40.0 Å². The minimum absolute atomic E-state index is 0.0387. The molecule has 3 aromatic heterocycles. The van der Waals surface area contributed by atoms with Crippen LogP contribution in [0.4, 0.5) is 24.5 Å². The molecule has 1 atom stereocenters. The van der Waals surface area contributed by atoms with Gasteiger partial charge in [-0.15, -0.1) is 5.10 Å². The Morgan fingerprint density at radius 3 is 2.37 bits per heavy atom. The van der Waals surface area contributed by atoms with E-state index in [1.165, 1.54) is 20.4 Å². The normalized spacial score (nSPS) is 11.5. The van der Waals surface area contributed by atoms with E-state index in [4.69, 9.17) is 36.3 Å². The number of anilines is 2. The lowest BCUT2D eigenvalue weighted by Crippen LogP contribution is -2.21. The molecule has 4 aromatic rings. The second-order valence-corrected chi connectivity index (χ2v) is 7.99. The number of carbonyl (C=O) groups is 1. The average molecular weight is 576 g/mol. The molecule has 0 aliphatic carbocycles. The lowest BCUT2D eigenvalue weighted by Gasteiger charge is -2.19. The number of hydrogen-bond acceptors (Lipinski definition) is 10. The Morgan fingerprint density at radius 2 is 1.83 bits per heavy atom. The maximum absolute atomic E-state index is 12.7. The highest BCUT2D eigenvalue weighted by molar-refractivity contribution is 5.95. The molecule has 0 saturated heterocycles. The van der Waals surface area contributed by atoms with E-state index in [9.17, 15) is 18.0 Å².